The van der Waals surface area contributed by atoms with Gasteiger partial charge in [-0.05, 0) is 47.7 Å². The molecule has 4 heteroatoms. The average molecular weight is 365 g/mol. The Morgan fingerprint density at radius 3 is 2.71 bits per heavy atom. The molecule has 0 saturated carbocycles. The number of furan rings is 1. The zero-order valence-electron chi connectivity index (χ0n) is 15.5. The van der Waals surface area contributed by atoms with Gasteiger partial charge in [-0.15, -0.1) is 0 Å². The van der Waals surface area contributed by atoms with E-state index in [1.165, 1.54) is 5.56 Å². The Kier molecular flexibility index (Phi) is 4.02. The van der Waals surface area contributed by atoms with Gasteiger partial charge < -0.3 is 9.73 Å². The number of anilines is 1. The molecule has 0 amide bonds. The molecule has 28 heavy (non-hydrogen) atoms. The number of nitrogens with zero attached hydrogens (tertiary/aromatic N) is 2. The highest BCUT2D eigenvalue weighted by Crippen LogP contribution is 2.32. The van der Waals surface area contributed by atoms with Crippen LogP contribution in [0.2, 0.25) is 0 Å². The smallest absolute Gasteiger partial charge is 0.137 e. The molecular formula is C24H19N3O. The minimum Gasteiger partial charge on any atom is -0.456 e. The third-order valence-electron chi connectivity index (χ3n) is 5.02. The van der Waals surface area contributed by atoms with E-state index in [4.69, 9.17) is 4.42 Å². The summed E-state index contributed by atoms with van der Waals surface area (Å²) in [6, 6.07) is 18.6. The van der Waals surface area contributed by atoms with E-state index < -0.39 is 0 Å². The Hall–Kier alpha value is -3.66. The lowest BCUT2D eigenvalue weighted by atomic mass is 10.0. The summed E-state index contributed by atoms with van der Waals surface area (Å²) in [6.45, 7) is 2.80. The maximum Gasteiger partial charge on any atom is 0.137 e. The lowest BCUT2D eigenvalue weighted by Gasteiger charge is -2.10. The fourth-order valence-electron chi connectivity index (χ4n) is 3.50. The SMILES string of the molecule is Cc1cnccc1NCc1ccc2cncc(-c3cc4ccccc4o3)c2c1. The molecule has 0 aliphatic carbocycles. The van der Waals surface area contributed by atoms with Crippen LogP contribution in [-0.4, -0.2) is 9.97 Å². The first-order chi connectivity index (χ1) is 13.8. The normalized spacial score (nSPS) is 11.2. The lowest BCUT2D eigenvalue weighted by Crippen LogP contribution is -2.01. The van der Waals surface area contributed by atoms with Gasteiger partial charge in [0.15, 0.2) is 0 Å². The number of aryl methyl sites for hydroxylation is 1. The van der Waals surface area contributed by atoms with Crippen LogP contribution >= 0.6 is 0 Å². The maximum atomic E-state index is 6.08. The van der Waals surface area contributed by atoms with Crippen molar-refractivity contribution in [2.24, 2.45) is 0 Å². The van der Waals surface area contributed by atoms with Gasteiger partial charge in [0, 0.05) is 53.4 Å². The molecule has 0 fully saturated rings. The Morgan fingerprint density at radius 2 is 1.82 bits per heavy atom. The third kappa shape index (κ3) is 2.99. The molecule has 0 saturated heterocycles. The van der Waals surface area contributed by atoms with Gasteiger partial charge in [0.1, 0.15) is 11.3 Å². The van der Waals surface area contributed by atoms with Crippen molar-refractivity contribution in [3.63, 3.8) is 0 Å². The average Bonchev–Trinajstić information content (AvgIpc) is 3.16. The minimum absolute atomic E-state index is 0.739. The van der Waals surface area contributed by atoms with Gasteiger partial charge in [-0.3, -0.25) is 9.97 Å². The summed E-state index contributed by atoms with van der Waals surface area (Å²) in [7, 11) is 0. The van der Waals surface area contributed by atoms with Crippen molar-refractivity contribution in [3.8, 4) is 11.3 Å². The van der Waals surface area contributed by atoms with Crippen LogP contribution in [0.4, 0.5) is 5.69 Å². The predicted molar refractivity (Wildman–Crippen MR) is 113 cm³/mol. The zero-order valence-corrected chi connectivity index (χ0v) is 15.5. The molecule has 3 heterocycles. The van der Waals surface area contributed by atoms with Gasteiger partial charge in [-0.25, -0.2) is 0 Å². The van der Waals surface area contributed by atoms with Crippen LogP contribution < -0.4 is 5.32 Å². The first kappa shape index (κ1) is 16.5. The fraction of sp³-hybridized carbons (Fsp3) is 0.0833. The molecule has 0 aliphatic rings. The van der Waals surface area contributed by atoms with Crippen molar-refractivity contribution in [2.45, 2.75) is 13.5 Å². The van der Waals surface area contributed by atoms with E-state index in [0.717, 1.165) is 50.9 Å². The molecule has 0 radical (unpaired) electrons. The molecule has 136 valence electrons. The van der Waals surface area contributed by atoms with E-state index in [9.17, 15) is 0 Å². The van der Waals surface area contributed by atoms with Crippen molar-refractivity contribution in [3.05, 3.63) is 90.5 Å². The first-order valence-electron chi connectivity index (χ1n) is 9.28. The van der Waals surface area contributed by atoms with Crippen LogP contribution in [0, 0.1) is 6.92 Å². The van der Waals surface area contributed by atoms with Gasteiger partial charge >= 0.3 is 0 Å². The number of fused-ring (bicyclic) bond motifs is 2. The van der Waals surface area contributed by atoms with E-state index >= 15 is 0 Å². The number of rotatable bonds is 4. The zero-order chi connectivity index (χ0) is 18.9. The van der Waals surface area contributed by atoms with Crippen LogP contribution in [0.5, 0.6) is 0 Å². The van der Waals surface area contributed by atoms with Gasteiger partial charge in [-0.1, -0.05) is 30.3 Å². The van der Waals surface area contributed by atoms with Crippen molar-refractivity contribution < 1.29 is 4.42 Å². The summed E-state index contributed by atoms with van der Waals surface area (Å²) in [4.78, 5) is 8.56. The number of hydrogen-bond donors (Lipinski definition) is 1. The van der Waals surface area contributed by atoms with Crippen LogP contribution in [-0.2, 0) is 6.54 Å². The van der Waals surface area contributed by atoms with E-state index in [2.05, 4.69) is 52.5 Å². The molecule has 0 bridgehead atoms. The van der Waals surface area contributed by atoms with Gasteiger partial charge in [0.05, 0.1) is 0 Å². The second kappa shape index (κ2) is 6.82. The van der Waals surface area contributed by atoms with Crippen molar-refractivity contribution in [1.29, 1.82) is 0 Å². The van der Waals surface area contributed by atoms with Crippen LogP contribution in [0.3, 0.4) is 0 Å². The highest BCUT2D eigenvalue weighted by molar-refractivity contribution is 5.97. The molecule has 0 aliphatic heterocycles. The predicted octanol–water partition coefficient (Wildman–Crippen LogP) is 5.96. The molecule has 0 atom stereocenters. The minimum atomic E-state index is 0.739. The first-order valence-corrected chi connectivity index (χ1v) is 9.28. The molecule has 5 rings (SSSR count). The van der Waals surface area contributed by atoms with E-state index in [1.54, 1.807) is 6.20 Å². The second-order valence-electron chi connectivity index (χ2n) is 6.94. The Morgan fingerprint density at radius 1 is 0.893 bits per heavy atom. The number of hydrogen-bond acceptors (Lipinski definition) is 4. The third-order valence-corrected chi connectivity index (χ3v) is 5.02. The largest absolute Gasteiger partial charge is 0.456 e. The summed E-state index contributed by atoms with van der Waals surface area (Å²) in [5.74, 6) is 0.842. The second-order valence-corrected chi connectivity index (χ2v) is 6.94. The highest BCUT2D eigenvalue weighted by Gasteiger charge is 2.11. The summed E-state index contributed by atoms with van der Waals surface area (Å²) in [5, 5.41) is 6.83. The maximum absolute atomic E-state index is 6.08. The number of benzene rings is 2. The van der Waals surface area contributed by atoms with Crippen LogP contribution in [0.1, 0.15) is 11.1 Å². The van der Waals surface area contributed by atoms with Crippen molar-refractivity contribution in [2.75, 3.05) is 5.32 Å². The van der Waals surface area contributed by atoms with Gasteiger partial charge in [-0.2, -0.15) is 0 Å². The van der Waals surface area contributed by atoms with Crippen LogP contribution in [0.15, 0.2) is 83.8 Å². The highest BCUT2D eigenvalue weighted by atomic mass is 16.3. The fourth-order valence-corrected chi connectivity index (χ4v) is 3.50. The topological polar surface area (TPSA) is 51.0 Å². The summed E-state index contributed by atoms with van der Waals surface area (Å²) >= 11 is 0. The van der Waals surface area contributed by atoms with E-state index in [0.29, 0.717) is 0 Å². The van der Waals surface area contributed by atoms with Gasteiger partial charge in [0.25, 0.3) is 0 Å². The molecule has 4 nitrogen and oxygen atoms in total. The lowest BCUT2D eigenvalue weighted by molar-refractivity contribution is 0.632. The number of pyridine rings is 2. The monoisotopic (exact) mass is 365 g/mol. The molecule has 5 aromatic rings. The quantitative estimate of drug-likeness (QED) is 0.427. The Balaban J connectivity index is 1.53. The van der Waals surface area contributed by atoms with Crippen LogP contribution in [0.25, 0.3) is 33.1 Å². The number of para-hydroxylation sites is 1. The summed E-state index contributed by atoms with van der Waals surface area (Å²) in [6.07, 6.45) is 7.45. The standard InChI is InChI=1S/C24H19N3O/c1-16-12-25-9-8-22(16)27-13-17-6-7-19-14-26-15-21(20(19)10-17)24-11-18-4-2-3-5-23(18)28-24/h2-12,14-15H,13H2,1H3,(H,25,27). The van der Waals surface area contributed by atoms with Gasteiger partial charge in [0.2, 0.25) is 0 Å². The summed E-state index contributed by atoms with van der Waals surface area (Å²) < 4.78 is 6.08. The molecule has 2 aromatic carbocycles. The molecule has 0 spiro atoms. The summed E-state index contributed by atoms with van der Waals surface area (Å²) in [5.41, 5.74) is 5.33. The number of aromatic nitrogens is 2. The molecule has 3 aromatic heterocycles. The van der Waals surface area contributed by atoms with E-state index in [-0.39, 0.29) is 0 Å². The molecule has 0 unspecified atom stereocenters. The molecular weight excluding hydrogens is 346 g/mol. The Bertz CT molecular complexity index is 1260. The van der Waals surface area contributed by atoms with Crippen molar-refractivity contribution in [1.82, 2.24) is 9.97 Å². The molecule has 1 N–H and O–H groups in total. The number of nitrogens with one attached hydrogen (secondary N) is 1. The van der Waals surface area contributed by atoms with Crippen molar-refractivity contribution >= 4 is 27.4 Å². The van der Waals surface area contributed by atoms with E-state index in [1.807, 2.05) is 42.9 Å². The Labute approximate surface area is 162 Å².